The number of imidazole rings is 1. The molecule has 1 aromatic carbocycles. The molecule has 3 aromatic heterocycles. The summed E-state index contributed by atoms with van der Waals surface area (Å²) in [4.78, 5) is 31.8. The molecule has 2 aliphatic rings. The smallest absolute Gasteiger partial charge is 0.309 e. The summed E-state index contributed by atoms with van der Waals surface area (Å²) in [7, 11) is 2.06. The number of nitrogens with one attached hydrogen (secondary N) is 2. The number of rotatable bonds is 6. The summed E-state index contributed by atoms with van der Waals surface area (Å²) < 4.78 is 5.70. The van der Waals surface area contributed by atoms with Crippen LogP contribution < -0.4 is 5.32 Å². The molecule has 8 heteroatoms. The number of fused-ring (bicyclic) bond motifs is 1. The molecule has 1 aliphatic carbocycles. The zero-order chi connectivity index (χ0) is 24.6. The summed E-state index contributed by atoms with van der Waals surface area (Å²) in [5.41, 5.74) is 6.48. The zero-order valence-electron chi connectivity index (χ0n) is 20.6. The molecule has 0 amide bonds. The first-order valence-corrected chi connectivity index (χ1v) is 12.5. The lowest BCUT2D eigenvalue weighted by Crippen LogP contribution is -2.41. The first kappa shape index (κ1) is 22.7. The lowest BCUT2D eigenvalue weighted by molar-refractivity contribution is -0.156. The van der Waals surface area contributed by atoms with Crippen LogP contribution in [0, 0.1) is 12.8 Å². The van der Waals surface area contributed by atoms with Gasteiger partial charge in [0.05, 0.1) is 46.7 Å². The number of ether oxygens (including phenoxy) is 1. The van der Waals surface area contributed by atoms with Gasteiger partial charge >= 0.3 is 5.97 Å². The van der Waals surface area contributed by atoms with Gasteiger partial charge in [-0.15, -0.1) is 0 Å². The summed E-state index contributed by atoms with van der Waals surface area (Å²) in [6, 6.07) is 14.5. The van der Waals surface area contributed by atoms with Crippen molar-refractivity contribution in [3.63, 3.8) is 0 Å². The SMILES string of the molecule is Cc1cccc(-c2[nH]cnc2-c2ccc3ncc(N[C@H]4C[C@H](C(=O)O[C@@H]5CCN(C)C5)C4)cc3c2)n1. The fraction of sp³-hybridized carbons (Fsp3) is 0.357. The molecular formula is C28H30N6O2. The van der Waals surface area contributed by atoms with Gasteiger partial charge in [0, 0.05) is 35.8 Å². The number of hydrogen-bond acceptors (Lipinski definition) is 7. The van der Waals surface area contributed by atoms with E-state index in [4.69, 9.17) is 4.74 Å². The molecule has 1 saturated heterocycles. The van der Waals surface area contributed by atoms with Gasteiger partial charge in [0.15, 0.2) is 0 Å². The Kier molecular flexibility index (Phi) is 5.89. The van der Waals surface area contributed by atoms with Crippen LogP contribution in [0.25, 0.3) is 33.5 Å². The van der Waals surface area contributed by atoms with Crippen LogP contribution in [-0.2, 0) is 9.53 Å². The van der Waals surface area contributed by atoms with Gasteiger partial charge in [-0.25, -0.2) is 4.98 Å². The van der Waals surface area contributed by atoms with E-state index in [-0.39, 0.29) is 24.0 Å². The largest absolute Gasteiger partial charge is 0.461 e. The van der Waals surface area contributed by atoms with Crippen molar-refractivity contribution in [2.24, 2.45) is 5.92 Å². The fourth-order valence-corrected chi connectivity index (χ4v) is 5.16. The molecule has 0 radical (unpaired) electrons. The number of H-pyrrole nitrogens is 1. The topological polar surface area (TPSA) is 96.0 Å². The Morgan fingerprint density at radius 3 is 2.86 bits per heavy atom. The lowest BCUT2D eigenvalue weighted by Gasteiger charge is -2.35. The summed E-state index contributed by atoms with van der Waals surface area (Å²) in [6.07, 6.45) is 6.13. The van der Waals surface area contributed by atoms with Crippen molar-refractivity contribution in [2.45, 2.75) is 38.3 Å². The van der Waals surface area contributed by atoms with E-state index in [1.165, 1.54) is 0 Å². The van der Waals surface area contributed by atoms with Crippen molar-refractivity contribution in [3.05, 3.63) is 60.7 Å². The van der Waals surface area contributed by atoms with E-state index in [0.29, 0.717) is 0 Å². The van der Waals surface area contributed by atoms with Gasteiger partial charge < -0.3 is 19.9 Å². The molecule has 36 heavy (non-hydrogen) atoms. The predicted octanol–water partition coefficient (Wildman–Crippen LogP) is 4.43. The van der Waals surface area contributed by atoms with Gasteiger partial charge in [-0.05, 0) is 63.6 Å². The highest BCUT2D eigenvalue weighted by atomic mass is 16.5. The van der Waals surface area contributed by atoms with Gasteiger partial charge in [0.1, 0.15) is 6.10 Å². The number of carbonyl (C=O) groups is 1. The Labute approximate surface area is 210 Å². The number of anilines is 1. The van der Waals surface area contributed by atoms with Crippen LogP contribution in [0.15, 0.2) is 55.0 Å². The van der Waals surface area contributed by atoms with E-state index in [0.717, 1.165) is 77.3 Å². The minimum absolute atomic E-state index is 0.0123. The van der Waals surface area contributed by atoms with Crippen LogP contribution in [-0.4, -0.2) is 63.1 Å². The minimum Gasteiger partial charge on any atom is -0.461 e. The molecule has 2 fully saturated rings. The highest BCUT2D eigenvalue weighted by Crippen LogP contribution is 2.34. The van der Waals surface area contributed by atoms with Gasteiger partial charge in [-0.2, -0.15) is 0 Å². The Hall–Kier alpha value is -3.78. The first-order valence-electron chi connectivity index (χ1n) is 12.5. The molecule has 1 atom stereocenters. The van der Waals surface area contributed by atoms with Crippen LogP contribution in [0.2, 0.25) is 0 Å². The third-order valence-electron chi connectivity index (χ3n) is 7.21. The first-order chi connectivity index (χ1) is 17.5. The quantitative estimate of drug-likeness (QED) is 0.393. The molecule has 0 bridgehead atoms. The van der Waals surface area contributed by atoms with E-state index in [9.17, 15) is 4.79 Å². The highest BCUT2D eigenvalue weighted by molar-refractivity contribution is 5.88. The van der Waals surface area contributed by atoms with Crippen LogP contribution in [0.3, 0.4) is 0 Å². The van der Waals surface area contributed by atoms with Gasteiger partial charge in [-0.3, -0.25) is 14.8 Å². The van der Waals surface area contributed by atoms with E-state index < -0.39 is 0 Å². The lowest BCUT2D eigenvalue weighted by atomic mass is 9.80. The van der Waals surface area contributed by atoms with E-state index in [1.54, 1.807) is 6.33 Å². The number of esters is 1. The number of aromatic nitrogens is 4. The number of pyridine rings is 2. The number of aryl methyl sites for hydroxylation is 1. The van der Waals surface area contributed by atoms with Crippen LogP contribution in [0.1, 0.15) is 25.0 Å². The molecule has 6 rings (SSSR count). The molecule has 0 unspecified atom stereocenters. The molecule has 1 aliphatic heterocycles. The number of nitrogens with zero attached hydrogens (tertiary/aromatic N) is 4. The normalized spacial score (nSPS) is 21.9. The van der Waals surface area contributed by atoms with Gasteiger partial charge in [-0.1, -0.05) is 12.1 Å². The minimum atomic E-state index is -0.0486. The average molecular weight is 483 g/mol. The maximum Gasteiger partial charge on any atom is 0.309 e. The Balaban J connectivity index is 1.14. The van der Waals surface area contributed by atoms with Gasteiger partial charge in [0.2, 0.25) is 0 Å². The zero-order valence-corrected chi connectivity index (χ0v) is 20.6. The maximum atomic E-state index is 12.5. The number of aromatic amines is 1. The van der Waals surface area contributed by atoms with Crippen molar-refractivity contribution >= 4 is 22.6 Å². The van der Waals surface area contributed by atoms with Crippen molar-refractivity contribution in [1.29, 1.82) is 0 Å². The van der Waals surface area contributed by atoms with E-state index in [1.807, 2.05) is 43.5 Å². The fourth-order valence-electron chi connectivity index (χ4n) is 5.16. The second-order valence-electron chi connectivity index (χ2n) is 10.0. The van der Waals surface area contributed by atoms with Crippen LogP contribution in [0.4, 0.5) is 5.69 Å². The number of benzene rings is 1. The number of likely N-dealkylation sites (tertiary alicyclic amines) is 1. The molecule has 4 heterocycles. The summed E-state index contributed by atoms with van der Waals surface area (Å²) in [5.74, 6) is -0.0609. The summed E-state index contributed by atoms with van der Waals surface area (Å²) in [5, 5.41) is 4.58. The van der Waals surface area contributed by atoms with Crippen molar-refractivity contribution in [3.8, 4) is 22.6 Å². The highest BCUT2D eigenvalue weighted by Gasteiger charge is 2.37. The Morgan fingerprint density at radius 2 is 2.06 bits per heavy atom. The number of likely N-dealkylation sites (N-methyl/N-ethyl adjacent to an activating group) is 1. The average Bonchev–Trinajstić information content (AvgIpc) is 3.49. The Morgan fingerprint density at radius 1 is 1.17 bits per heavy atom. The Bertz CT molecular complexity index is 1410. The number of carbonyl (C=O) groups excluding carboxylic acids is 1. The van der Waals surface area contributed by atoms with Crippen molar-refractivity contribution < 1.29 is 9.53 Å². The second kappa shape index (κ2) is 9.35. The molecule has 0 spiro atoms. The molecule has 184 valence electrons. The molecule has 8 nitrogen and oxygen atoms in total. The van der Waals surface area contributed by atoms with E-state index in [2.05, 4.69) is 49.3 Å². The van der Waals surface area contributed by atoms with E-state index >= 15 is 0 Å². The second-order valence-corrected chi connectivity index (χ2v) is 10.0. The standard InChI is InChI=1S/C28H30N6O2/c1-17-4-3-5-25(32-17)27-26(30-16-31-27)18-6-7-24-19(10-18)11-22(14-29-24)33-21-12-20(13-21)28(35)36-23-8-9-34(2)15-23/h3-7,10-11,14,16,20-21,23,33H,8-9,12-13,15H2,1-2H3,(H,30,31)/t20-,21-,23-/m1/s1. The molecular weight excluding hydrogens is 452 g/mol. The summed E-state index contributed by atoms with van der Waals surface area (Å²) >= 11 is 0. The van der Waals surface area contributed by atoms with Crippen LogP contribution in [0.5, 0.6) is 0 Å². The molecule has 1 saturated carbocycles. The van der Waals surface area contributed by atoms with Gasteiger partial charge in [0.25, 0.3) is 0 Å². The summed E-state index contributed by atoms with van der Waals surface area (Å²) in [6.45, 7) is 3.82. The third kappa shape index (κ3) is 4.56. The van der Waals surface area contributed by atoms with Crippen molar-refractivity contribution in [2.75, 3.05) is 25.5 Å². The third-order valence-corrected chi connectivity index (χ3v) is 7.21. The predicted molar refractivity (Wildman–Crippen MR) is 139 cm³/mol. The molecule has 2 N–H and O–H groups in total. The monoisotopic (exact) mass is 482 g/mol. The van der Waals surface area contributed by atoms with Crippen LogP contribution >= 0.6 is 0 Å². The van der Waals surface area contributed by atoms with Crippen molar-refractivity contribution in [1.82, 2.24) is 24.8 Å². The molecule has 4 aromatic rings. The number of hydrogen-bond donors (Lipinski definition) is 2. The maximum absolute atomic E-state index is 12.5.